The third-order valence-electron chi connectivity index (χ3n) is 4.12. The van der Waals surface area contributed by atoms with Crippen LogP contribution in [0.3, 0.4) is 0 Å². The molecule has 0 bridgehead atoms. The normalized spacial score (nSPS) is 14.9. The number of halogens is 1. The Balaban J connectivity index is 1.30. The lowest BCUT2D eigenvalue weighted by Crippen LogP contribution is -2.51. The molecular weight excluding hydrogens is 414 g/mol. The van der Waals surface area contributed by atoms with Crippen molar-refractivity contribution in [3.8, 4) is 22.1 Å². The number of hydrogen-bond acceptors (Lipinski definition) is 6. The smallest absolute Gasteiger partial charge is 0.283 e. The van der Waals surface area contributed by atoms with Gasteiger partial charge in [0, 0.05) is 10.9 Å². The van der Waals surface area contributed by atoms with Gasteiger partial charge in [0.25, 0.3) is 5.91 Å². The molecule has 4 rings (SSSR count). The summed E-state index contributed by atoms with van der Waals surface area (Å²) in [5.74, 6) is 0.174. The van der Waals surface area contributed by atoms with Crippen molar-refractivity contribution in [2.75, 3.05) is 6.61 Å². The van der Waals surface area contributed by atoms with Gasteiger partial charge in [-0.3, -0.25) is 20.4 Å². The number of benzene rings is 2. The van der Waals surface area contributed by atoms with Crippen LogP contribution in [0.15, 0.2) is 53.9 Å². The predicted octanol–water partition coefficient (Wildman–Crippen LogP) is 2.99. The number of nitrogens with zero attached hydrogens (tertiary/aromatic N) is 1. The fourth-order valence-electron chi connectivity index (χ4n) is 2.72. The quantitative estimate of drug-likeness (QED) is 0.622. The van der Waals surface area contributed by atoms with Crippen molar-refractivity contribution in [1.82, 2.24) is 15.8 Å². The third-order valence-corrected chi connectivity index (χ3v) is 5.38. The zero-order valence-corrected chi connectivity index (χ0v) is 16.6. The number of carbonyl (C=O) groups is 2. The summed E-state index contributed by atoms with van der Waals surface area (Å²) in [6.45, 7) is 0.0615. The highest BCUT2D eigenvalue weighted by Crippen LogP contribution is 2.31. The zero-order chi connectivity index (χ0) is 20.2. The van der Waals surface area contributed by atoms with Gasteiger partial charge in [-0.05, 0) is 18.2 Å². The van der Waals surface area contributed by atoms with Crippen LogP contribution in [-0.2, 0) is 16.0 Å². The van der Waals surface area contributed by atoms with Gasteiger partial charge in [-0.25, -0.2) is 4.98 Å². The lowest BCUT2D eigenvalue weighted by atomic mass is 10.2. The summed E-state index contributed by atoms with van der Waals surface area (Å²) in [7, 11) is 0. The SMILES string of the molecule is O=C(Cc1csc(-c2ccccc2Cl)n1)NNC(=O)C1COc2ccccc2O1. The molecule has 2 heterocycles. The lowest BCUT2D eigenvalue weighted by Gasteiger charge is -2.25. The Morgan fingerprint density at radius 3 is 2.69 bits per heavy atom. The molecule has 148 valence electrons. The van der Waals surface area contributed by atoms with Gasteiger partial charge in [0.1, 0.15) is 11.6 Å². The maximum atomic E-state index is 12.2. The van der Waals surface area contributed by atoms with Crippen LogP contribution < -0.4 is 20.3 Å². The number of aromatic nitrogens is 1. The van der Waals surface area contributed by atoms with Crippen molar-refractivity contribution in [2.24, 2.45) is 0 Å². The number of nitrogens with one attached hydrogen (secondary N) is 2. The Hall–Kier alpha value is -3.10. The van der Waals surface area contributed by atoms with Gasteiger partial charge in [0.2, 0.25) is 12.0 Å². The number of hydrazine groups is 1. The van der Waals surface area contributed by atoms with E-state index in [1.165, 1.54) is 11.3 Å². The van der Waals surface area contributed by atoms with Crippen LogP contribution in [0, 0.1) is 0 Å². The minimum Gasteiger partial charge on any atom is -0.485 e. The molecule has 0 radical (unpaired) electrons. The second-order valence-electron chi connectivity index (χ2n) is 6.20. The van der Waals surface area contributed by atoms with Gasteiger partial charge in [-0.15, -0.1) is 11.3 Å². The Kier molecular flexibility index (Phi) is 5.64. The third kappa shape index (κ3) is 4.49. The first-order valence-corrected chi connectivity index (χ1v) is 10.0. The van der Waals surface area contributed by atoms with Gasteiger partial charge in [0.15, 0.2) is 11.5 Å². The molecule has 2 amide bonds. The van der Waals surface area contributed by atoms with E-state index in [2.05, 4.69) is 15.8 Å². The summed E-state index contributed by atoms with van der Waals surface area (Å²) in [6, 6.07) is 14.5. The van der Waals surface area contributed by atoms with E-state index in [9.17, 15) is 9.59 Å². The summed E-state index contributed by atoms with van der Waals surface area (Å²) < 4.78 is 11.1. The Morgan fingerprint density at radius 1 is 1.10 bits per heavy atom. The summed E-state index contributed by atoms with van der Waals surface area (Å²) in [6.07, 6.45) is -0.831. The first kappa shape index (κ1) is 19.2. The fourth-order valence-corrected chi connectivity index (χ4v) is 3.86. The van der Waals surface area contributed by atoms with Crippen LogP contribution in [-0.4, -0.2) is 29.5 Å². The number of thiazole rings is 1. The van der Waals surface area contributed by atoms with Crippen LogP contribution in [0.1, 0.15) is 5.69 Å². The molecule has 0 spiro atoms. The van der Waals surface area contributed by atoms with Crippen molar-refractivity contribution in [1.29, 1.82) is 0 Å². The average molecular weight is 430 g/mol. The van der Waals surface area contributed by atoms with E-state index in [1.54, 1.807) is 29.6 Å². The molecule has 1 atom stereocenters. The highest BCUT2D eigenvalue weighted by Gasteiger charge is 2.27. The van der Waals surface area contributed by atoms with Crippen LogP contribution in [0.4, 0.5) is 0 Å². The van der Waals surface area contributed by atoms with Crippen LogP contribution >= 0.6 is 22.9 Å². The number of fused-ring (bicyclic) bond motifs is 1. The highest BCUT2D eigenvalue weighted by atomic mass is 35.5. The second-order valence-corrected chi connectivity index (χ2v) is 7.47. The van der Waals surface area contributed by atoms with Crippen LogP contribution in [0.25, 0.3) is 10.6 Å². The minimum atomic E-state index is -0.851. The Bertz CT molecular complexity index is 1060. The number of para-hydroxylation sites is 2. The van der Waals surface area contributed by atoms with E-state index in [0.29, 0.717) is 22.2 Å². The topological polar surface area (TPSA) is 89.6 Å². The summed E-state index contributed by atoms with van der Waals surface area (Å²) in [5, 5.41) is 3.12. The number of rotatable bonds is 4. The van der Waals surface area contributed by atoms with E-state index in [4.69, 9.17) is 21.1 Å². The van der Waals surface area contributed by atoms with Gasteiger partial charge >= 0.3 is 0 Å². The molecular formula is C20H16ClN3O4S. The van der Waals surface area contributed by atoms with Gasteiger partial charge in [-0.2, -0.15) is 0 Å². The summed E-state index contributed by atoms with van der Waals surface area (Å²) in [5.41, 5.74) is 6.14. The molecule has 0 aliphatic carbocycles. The molecule has 0 fully saturated rings. The molecule has 1 aliphatic rings. The van der Waals surface area contributed by atoms with E-state index < -0.39 is 17.9 Å². The standard InChI is InChI=1S/C20H16ClN3O4S/c21-14-6-2-1-5-13(14)20-22-12(11-29-20)9-18(25)23-24-19(26)17-10-27-15-7-3-4-8-16(15)28-17/h1-8,11,17H,9-10H2,(H,23,25)(H,24,26). The molecule has 1 aliphatic heterocycles. The maximum absolute atomic E-state index is 12.2. The molecule has 0 saturated carbocycles. The molecule has 0 saturated heterocycles. The largest absolute Gasteiger partial charge is 0.485 e. The van der Waals surface area contributed by atoms with Crippen molar-refractivity contribution in [3.63, 3.8) is 0 Å². The predicted molar refractivity (Wildman–Crippen MR) is 109 cm³/mol. The number of ether oxygens (including phenoxy) is 2. The Labute approximate surface area is 175 Å². The van der Waals surface area contributed by atoms with E-state index in [-0.39, 0.29) is 13.0 Å². The van der Waals surface area contributed by atoms with Crippen molar-refractivity contribution in [3.05, 3.63) is 64.6 Å². The zero-order valence-electron chi connectivity index (χ0n) is 15.1. The maximum Gasteiger partial charge on any atom is 0.283 e. The van der Waals surface area contributed by atoms with Crippen LogP contribution in [0.5, 0.6) is 11.5 Å². The van der Waals surface area contributed by atoms with Gasteiger partial charge in [-0.1, -0.05) is 41.9 Å². The molecule has 2 N–H and O–H groups in total. The molecule has 3 aromatic rings. The fraction of sp³-hybridized carbons (Fsp3) is 0.150. The van der Waals surface area contributed by atoms with E-state index in [0.717, 1.165) is 10.6 Å². The highest BCUT2D eigenvalue weighted by molar-refractivity contribution is 7.13. The van der Waals surface area contributed by atoms with Crippen molar-refractivity contribution in [2.45, 2.75) is 12.5 Å². The first-order valence-electron chi connectivity index (χ1n) is 8.76. The average Bonchev–Trinajstić information content (AvgIpc) is 3.20. The molecule has 7 nitrogen and oxygen atoms in total. The second kappa shape index (κ2) is 8.50. The van der Waals surface area contributed by atoms with E-state index in [1.807, 2.05) is 24.3 Å². The lowest BCUT2D eigenvalue weighted by molar-refractivity contribution is -0.134. The first-order chi connectivity index (χ1) is 14.1. The van der Waals surface area contributed by atoms with E-state index >= 15 is 0 Å². The molecule has 29 heavy (non-hydrogen) atoms. The molecule has 9 heteroatoms. The molecule has 2 aromatic carbocycles. The monoisotopic (exact) mass is 429 g/mol. The van der Waals surface area contributed by atoms with Crippen LogP contribution in [0.2, 0.25) is 5.02 Å². The number of hydrogen-bond donors (Lipinski definition) is 2. The minimum absolute atomic E-state index is 0.0199. The molecule has 1 unspecified atom stereocenters. The summed E-state index contributed by atoms with van der Waals surface area (Å²) >= 11 is 7.58. The Morgan fingerprint density at radius 2 is 1.86 bits per heavy atom. The summed E-state index contributed by atoms with van der Waals surface area (Å²) in [4.78, 5) is 28.8. The number of carbonyl (C=O) groups excluding carboxylic acids is 2. The number of amides is 2. The van der Waals surface area contributed by atoms with Crippen molar-refractivity contribution >= 4 is 34.8 Å². The van der Waals surface area contributed by atoms with Gasteiger partial charge < -0.3 is 9.47 Å². The molecule has 1 aromatic heterocycles. The van der Waals surface area contributed by atoms with Crippen molar-refractivity contribution < 1.29 is 19.1 Å². The van der Waals surface area contributed by atoms with Gasteiger partial charge in [0.05, 0.1) is 17.1 Å².